The molecule has 0 aliphatic carbocycles. The third-order valence-electron chi connectivity index (χ3n) is 3.19. The molecule has 2 aromatic heterocycles. The van der Waals surface area contributed by atoms with Crippen molar-refractivity contribution in [2.45, 2.75) is 19.4 Å². The fourth-order valence-electron chi connectivity index (χ4n) is 2.03. The molecule has 0 fully saturated rings. The minimum atomic E-state index is -0.923. The minimum absolute atomic E-state index is 0.141. The first-order valence-electron chi connectivity index (χ1n) is 6.95. The van der Waals surface area contributed by atoms with Gasteiger partial charge in [0.2, 0.25) is 5.82 Å². The van der Waals surface area contributed by atoms with Gasteiger partial charge in [0.05, 0.1) is 6.07 Å². The summed E-state index contributed by atoms with van der Waals surface area (Å²) in [6.07, 6.45) is 0. The van der Waals surface area contributed by atoms with Gasteiger partial charge in [-0.2, -0.15) is 10.1 Å². The van der Waals surface area contributed by atoms with Gasteiger partial charge >= 0.3 is 0 Å². The zero-order valence-electron chi connectivity index (χ0n) is 12.5. The van der Waals surface area contributed by atoms with Crippen LogP contribution in [0.25, 0.3) is 11.4 Å². The molecule has 0 spiro atoms. The van der Waals surface area contributed by atoms with Gasteiger partial charge in [-0.05, 0) is 36.4 Å². The lowest BCUT2D eigenvalue weighted by molar-refractivity contribution is -0.120. The van der Waals surface area contributed by atoms with Crippen molar-refractivity contribution in [2.24, 2.45) is 0 Å². The van der Waals surface area contributed by atoms with Crippen LogP contribution in [0, 0.1) is 18.3 Å². The number of ketones is 1. The summed E-state index contributed by atoms with van der Waals surface area (Å²) in [5, 5.41) is 24.1. The van der Waals surface area contributed by atoms with Gasteiger partial charge in [-0.25, -0.2) is 4.98 Å². The van der Waals surface area contributed by atoms with Gasteiger partial charge in [-0.15, -0.1) is 21.5 Å². The highest BCUT2D eigenvalue weighted by Crippen LogP contribution is 2.21. The van der Waals surface area contributed by atoms with E-state index in [0.717, 1.165) is 11.3 Å². The van der Waals surface area contributed by atoms with E-state index >= 15 is 0 Å². The molecule has 7 nitrogen and oxygen atoms in total. The summed E-state index contributed by atoms with van der Waals surface area (Å²) in [6.45, 7) is 1.67. The molecule has 3 aromatic rings. The average molecular weight is 359 g/mol. The Morgan fingerprint density at radius 2 is 2.17 bits per heavy atom. The molecular weight excluding hydrogens is 348 g/mol. The van der Waals surface area contributed by atoms with Crippen LogP contribution in [0.15, 0.2) is 29.6 Å². The Hall–Kier alpha value is -2.63. The van der Waals surface area contributed by atoms with E-state index in [0.29, 0.717) is 15.9 Å². The van der Waals surface area contributed by atoms with Crippen molar-refractivity contribution >= 4 is 28.7 Å². The lowest BCUT2D eigenvalue weighted by atomic mass is 10.1. The number of hydrogen-bond acceptors (Lipinski definition) is 7. The third-order valence-corrected chi connectivity index (χ3v) is 4.47. The minimum Gasteiger partial charge on any atom is -0.296 e. The van der Waals surface area contributed by atoms with Crippen molar-refractivity contribution in [1.29, 1.82) is 5.26 Å². The summed E-state index contributed by atoms with van der Waals surface area (Å²) in [5.74, 6) is -0.862. The summed E-state index contributed by atoms with van der Waals surface area (Å²) < 4.78 is 0. The van der Waals surface area contributed by atoms with Crippen molar-refractivity contribution in [2.75, 3.05) is 0 Å². The van der Waals surface area contributed by atoms with Crippen LogP contribution in [0.2, 0.25) is 5.02 Å². The highest BCUT2D eigenvalue weighted by atomic mass is 35.5. The van der Waals surface area contributed by atoms with Gasteiger partial charge in [0, 0.05) is 21.7 Å². The number of thiazole rings is 1. The van der Waals surface area contributed by atoms with E-state index in [2.05, 4.69) is 20.4 Å². The standard InChI is InChI=1S/C15H11ClN6OS/c1-9-8-24-15(18-9)12(6-17)13(23)7-22-20-14(19-21-22)10-2-4-11(16)5-3-10/h2-5,8,12H,7H2,1H3. The van der Waals surface area contributed by atoms with Crippen molar-refractivity contribution < 1.29 is 4.79 Å². The maximum atomic E-state index is 12.3. The average Bonchev–Trinajstić information content (AvgIpc) is 3.18. The number of hydrogen-bond donors (Lipinski definition) is 0. The molecule has 120 valence electrons. The largest absolute Gasteiger partial charge is 0.296 e. The summed E-state index contributed by atoms with van der Waals surface area (Å²) in [6, 6.07) is 8.97. The zero-order chi connectivity index (χ0) is 17.1. The van der Waals surface area contributed by atoms with Crippen LogP contribution in [0.3, 0.4) is 0 Å². The van der Waals surface area contributed by atoms with E-state index in [4.69, 9.17) is 11.6 Å². The first kappa shape index (κ1) is 16.2. The molecule has 1 aromatic carbocycles. The molecule has 2 heterocycles. The molecule has 3 rings (SSSR count). The van der Waals surface area contributed by atoms with Gasteiger partial charge in [0.15, 0.2) is 11.7 Å². The molecule has 0 aliphatic heterocycles. The second kappa shape index (κ2) is 6.86. The second-order valence-corrected chi connectivity index (χ2v) is 6.33. The van der Waals surface area contributed by atoms with Crippen molar-refractivity contribution in [3.05, 3.63) is 45.4 Å². The molecule has 0 saturated carbocycles. The number of benzene rings is 1. The predicted molar refractivity (Wildman–Crippen MR) is 88.5 cm³/mol. The molecule has 9 heteroatoms. The van der Waals surface area contributed by atoms with Gasteiger partial charge in [0.1, 0.15) is 11.6 Å². The van der Waals surface area contributed by atoms with Gasteiger partial charge in [0.25, 0.3) is 0 Å². The van der Waals surface area contributed by atoms with Crippen molar-refractivity contribution in [3.63, 3.8) is 0 Å². The van der Waals surface area contributed by atoms with Crippen LogP contribution in [-0.2, 0) is 11.3 Å². The third kappa shape index (κ3) is 3.48. The Labute approximate surface area is 146 Å². The number of halogens is 1. The van der Waals surface area contributed by atoms with E-state index in [9.17, 15) is 10.1 Å². The summed E-state index contributed by atoms with van der Waals surface area (Å²) in [5.41, 5.74) is 1.53. The Morgan fingerprint density at radius 3 is 2.79 bits per heavy atom. The highest BCUT2D eigenvalue weighted by molar-refractivity contribution is 7.09. The van der Waals surface area contributed by atoms with E-state index in [1.807, 2.05) is 13.0 Å². The predicted octanol–water partition coefficient (Wildman–Crippen LogP) is 2.63. The number of Topliss-reactive ketones (excluding diaryl/α,β-unsaturated/α-hetero) is 1. The maximum Gasteiger partial charge on any atom is 0.204 e. The van der Waals surface area contributed by atoms with Gasteiger partial charge in [-0.1, -0.05) is 11.6 Å². The van der Waals surface area contributed by atoms with E-state index < -0.39 is 5.92 Å². The fraction of sp³-hybridized carbons (Fsp3) is 0.200. The summed E-state index contributed by atoms with van der Waals surface area (Å²) >= 11 is 7.13. The molecule has 0 aliphatic rings. The Kier molecular flexibility index (Phi) is 4.64. The number of carbonyl (C=O) groups is 1. The number of aromatic nitrogens is 5. The van der Waals surface area contributed by atoms with E-state index in [-0.39, 0.29) is 12.3 Å². The molecule has 1 unspecified atom stereocenters. The Morgan fingerprint density at radius 1 is 1.42 bits per heavy atom. The van der Waals surface area contributed by atoms with Crippen LogP contribution < -0.4 is 0 Å². The second-order valence-electron chi connectivity index (χ2n) is 5.01. The van der Waals surface area contributed by atoms with Gasteiger partial charge in [-0.3, -0.25) is 4.79 Å². The van der Waals surface area contributed by atoms with Crippen molar-refractivity contribution in [3.8, 4) is 17.5 Å². The van der Waals surface area contributed by atoms with E-state index in [1.54, 1.807) is 29.6 Å². The first-order chi connectivity index (χ1) is 11.6. The molecule has 0 N–H and O–H groups in total. The van der Waals surface area contributed by atoms with Crippen LogP contribution in [-0.4, -0.2) is 31.0 Å². The fourth-order valence-corrected chi connectivity index (χ4v) is 3.01. The topological polar surface area (TPSA) is 97.3 Å². The highest BCUT2D eigenvalue weighted by Gasteiger charge is 2.24. The molecule has 0 saturated heterocycles. The summed E-state index contributed by atoms with van der Waals surface area (Å²) in [4.78, 5) is 17.7. The monoisotopic (exact) mass is 358 g/mol. The lowest BCUT2D eigenvalue weighted by Gasteiger charge is -2.03. The molecule has 0 bridgehead atoms. The molecule has 0 amide bonds. The Balaban J connectivity index is 1.75. The number of nitrogens with zero attached hydrogens (tertiary/aromatic N) is 6. The number of nitriles is 1. The lowest BCUT2D eigenvalue weighted by Crippen LogP contribution is -2.19. The van der Waals surface area contributed by atoms with Crippen molar-refractivity contribution in [1.82, 2.24) is 25.2 Å². The number of rotatable bonds is 5. The number of tetrazole rings is 1. The number of carbonyl (C=O) groups excluding carboxylic acids is 1. The van der Waals surface area contributed by atoms with Crippen LogP contribution >= 0.6 is 22.9 Å². The maximum absolute atomic E-state index is 12.3. The van der Waals surface area contributed by atoms with Gasteiger partial charge < -0.3 is 0 Å². The molecular formula is C15H11ClN6OS. The Bertz CT molecular complexity index is 911. The normalized spacial score (nSPS) is 11.9. The molecule has 24 heavy (non-hydrogen) atoms. The SMILES string of the molecule is Cc1csc(C(C#N)C(=O)Cn2nnc(-c3ccc(Cl)cc3)n2)n1. The summed E-state index contributed by atoms with van der Waals surface area (Å²) in [7, 11) is 0. The quantitative estimate of drug-likeness (QED) is 0.695. The molecule has 0 radical (unpaired) electrons. The smallest absolute Gasteiger partial charge is 0.204 e. The zero-order valence-corrected chi connectivity index (χ0v) is 14.1. The van der Waals surface area contributed by atoms with Crippen LogP contribution in [0.5, 0.6) is 0 Å². The van der Waals surface area contributed by atoms with E-state index in [1.165, 1.54) is 16.1 Å². The first-order valence-corrected chi connectivity index (χ1v) is 8.20. The van der Waals surface area contributed by atoms with Crippen LogP contribution in [0.4, 0.5) is 0 Å². The number of aryl methyl sites for hydroxylation is 1. The van der Waals surface area contributed by atoms with Crippen LogP contribution in [0.1, 0.15) is 16.6 Å². The molecule has 1 atom stereocenters.